The molecule has 3 aromatic carbocycles. The third kappa shape index (κ3) is 5.65. The van der Waals surface area contributed by atoms with Gasteiger partial charge in [-0.2, -0.15) is 0 Å². The fraction of sp³-hybridized carbons (Fsp3) is 0.321. The van der Waals surface area contributed by atoms with Crippen LogP contribution in [0.25, 0.3) is 0 Å². The van der Waals surface area contributed by atoms with E-state index in [0.29, 0.717) is 11.4 Å². The zero-order valence-electron chi connectivity index (χ0n) is 21.0. The first-order valence-electron chi connectivity index (χ1n) is 11.9. The molecule has 0 saturated heterocycles. The summed E-state index contributed by atoms with van der Waals surface area (Å²) in [5, 5.41) is 2.81. The fourth-order valence-electron chi connectivity index (χ4n) is 3.96. The molecule has 3 aromatic rings. The lowest BCUT2D eigenvalue weighted by atomic mass is 9.86. The zero-order chi connectivity index (χ0) is 25.9. The number of nitrogens with zero attached hydrogens (tertiary/aromatic N) is 1. The number of carbonyl (C=O) groups excluding carboxylic acids is 1. The number of sulfonamides is 1. The Bertz CT molecular complexity index is 1330. The molecule has 1 amide bonds. The van der Waals surface area contributed by atoms with Crippen molar-refractivity contribution in [2.75, 3.05) is 24.0 Å². The molecule has 190 valence electrons. The Morgan fingerprint density at radius 3 is 2.50 bits per heavy atom. The number of aryl methyl sites for hydroxylation is 1. The molecule has 0 aliphatic carbocycles. The highest BCUT2D eigenvalue weighted by Gasteiger charge is 2.38. The van der Waals surface area contributed by atoms with Crippen LogP contribution in [0.15, 0.2) is 77.7 Å². The second-order valence-electron chi connectivity index (χ2n) is 9.84. The minimum Gasteiger partial charge on any atom is -0.492 e. The van der Waals surface area contributed by atoms with E-state index in [1.807, 2.05) is 43.3 Å². The summed E-state index contributed by atoms with van der Waals surface area (Å²) >= 11 is 0. The molecule has 1 heterocycles. The molecule has 1 aliphatic rings. The van der Waals surface area contributed by atoms with Crippen LogP contribution in [0.2, 0.25) is 0 Å². The molecule has 0 radical (unpaired) electrons. The summed E-state index contributed by atoms with van der Waals surface area (Å²) in [4.78, 5) is 13.2. The van der Waals surface area contributed by atoms with Crippen LogP contribution in [0.3, 0.4) is 0 Å². The van der Waals surface area contributed by atoms with Crippen molar-refractivity contribution in [3.05, 3.63) is 83.9 Å². The van der Waals surface area contributed by atoms with Crippen molar-refractivity contribution in [3.63, 3.8) is 0 Å². The number of rotatable bonds is 7. The number of amides is 1. The van der Waals surface area contributed by atoms with Gasteiger partial charge in [-0.1, -0.05) is 57.2 Å². The molecule has 7 nitrogen and oxygen atoms in total. The summed E-state index contributed by atoms with van der Waals surface area (Å²) in [5.74, 6) is 0.674. The number of nitrogens with one attached hydrogen (secondary N) is 1. The van der Waals surface area contributed by atoms with Gasteiger partial charge >= 0.3 is 0 Å². The Labute approximate surface area is 213 Å². The van der Waals surface area contributed by atoms with Gasteiger partial charge in [0.15, 0.2) is 6.10 Å². The van der Waals surface area contributed by atoms with Crippen LogP contribution < -0.4 is 19.1 Å². The third-order valence-electron chi connectivity index (χ3n) is 5.98. The van der Waals surface area contributed by atoms with E-state index in [9.17, 15) is 13.2 Å². The molecular formula is C28H32N2O5S. The normalized spacial score (nSPS) is 15.6. The van der Waals surface area contributed by atoms with Gasteiger partial charge in [0.05, 0.1) is 23.7 Å². The summed E-state index contributed by atoms with van der Waals surface area (Å²) < 4.78 is 40.3. The molecule has 0 spiro atoms. The minimum absolute atomic E-state index is 0.137. The molecule has 0 bridgehead atoms. The first-order chi connectivity index (χ1) is 17.1. The minimum atomic E-state index is -3.92. The van der Waals surface area contributed by atoms with Gasteiger partial charge in [-0.3, -0.25) is 9.10 Å². The summed E-state index contributed by atoms with van der Waals surface area (Å²) in [6.45, 7) is 8.55. The molecule has 0 unspecified atom stereocenters. The smallest absolute Gasteiger partial charge is 0.264 e. The van der Waals surface area contributed by atoms with Crippen molar-refractivity contribution in [1.29, 1.82) is 0 Å². The second-order valence-corrected chi connectivity index (χ2v) is 11.7. The summed E-state index contributed by atoms with van der Waals surface area (Å²) in [6.07, 6.45) is -1.00. The highest BCUT2D eigenvalue weighted by molar-refractivity contribution is 7.92. The molecule has 4 rings (SSSR count). The van der Waals surface area contributed by atoms with Crippen molar-refractivity contribution in [2.45, 2.75) is 44.1 Å². The lowest BCUT2D eigenvalue weighted by Crippen LogP contribution is -2.51. The van der Waals surface area contributed by atoms with E-state index in [0.717, 1.165) is 16.9 Å². The van der Waals surface area contributed by atoms with Crippen molar-refractivity contribution in [2.24, 2.45) is 0 Å². The Morgan fingerprint density at radius 1 is 1.06 bits per heavy atom. The van der Waals surface area contributed by atoms with Crippen LogP contribution in [-0.4, -0.2) is 40.1 Å². The molecule has 0 saturated carbocycles. The lowest BCUT2D eigenvalue weighted by Gasteiger charge is -2.36. The predicted molar refractivity (Wildman–Crippen MR) is 140 cm³/mol. The van der Waals surface area contributed by atoms with E-state index in [1.165, 1.54) is 4.31 Å². The standard InChI is InChI=1S/C28H32N2O5S/c1-20-9-8-10-22(17-20)34-16-15-29-27(31)26-19-30(36(32,33)23-11-6-5-7-12-23)24-18-21(28(2,3)4)13-14-25(24)35-26/h5-14,17-18,26H,15-16,19H2,1-4H3,(H,29,31)/t26-/m1/s1. The van der Waals surface area contributed by atoms with Crippen molar-refractivity contribution >= 4 is 21.6 Å². The third-order valence-corrected chi connectivity index (χ3v) is 7.77. The lowest BCUT2D eigenvalue weighted by molar-refractivity contribution is -0.127. The van der Waals surface area contributed by atoms with Crippen molar-refractivity contribution in [1.82, 2.24) is 5.32 Å². The van der Waals surface area contributed by atoms with Gasteiger partial charge in [0.25, 0.3) is 15.9 Å². The zero-order valence-corrected chi connectivity index (χ0v) is 21.8. The first kappa shape index (κ1) is 25.6. The topological polar surface area (TPSA) is 84.9 Å². The molecule has 36 heavy (non-hydrogen) atoms. The summed E-state index contributed by atoms with van der Waals surface area (Å²) in [7, 11) is -3.92. The van der Waals surface area contributed by atoms with Crippen LogP contribution in [-0.2, 0) is 20.2 Å². The Balaban J connectivity index is 1.54. The van der Waals surface area contributed by atoms with E-state index < -0.39 is 22.0 Å². The molecule has 0 aromatic heterocycles. The maximum absolute atomic E-state index is 13.6. The van der Waals surface area contributed by atoms with E-state index in [4.69, 9.17) is 9.47 Å². The number of fused-ring (bicyclic) bond motifs is 1. The number of anilines is 1. The maximum atomic E-state index is 13.6. The van der Waals surface area contributed by atoms with Crippen LogP contribution >= 0.6 is 0 Å². The van der Waals surface area contributed by atoms with Gasteiger partial charge in [0, 0.05) is 0 Å². The average Bonchev–Trinajstić information content (AvgIpc) is 2.85. The predicted octanol–water partition coefficient (Wildman–Crippen LogP) is 4.44. The van der Waals surface area contributed by atoms with E-state index in [-0.39, 0.29) is 30.0 Å². The van der Waals surface area contributed by atoms with Gasteiger partial charge < -0.3 is 14.8 Å². The van der Waals surface area contributed by atoms with Gasteiger partial charge in [0.2, 0.25) is 0 Å². The van der Waals surface area contributed by atoms with Crippen LogP contribution in [0.4, 0.5) is 5.69 Å². The van der Waals surface area contributed by atoms with Crippen LogP contribution in [0.1, 0.15) is 31.9 Å². The fourth-order valence-corrected chi connectivity index (χ4v) is 5.45. The molecule has 1 atom stereocenters. The van der Waals surface area contributed by atoms with Gasteiger partial charge in [-0.05, 0) is 59.9 Å². The SMILES string of the molecule is Cc1cccc(OCCNC(=O)[C@H]2CN(S(=O)(=O)c3ccccc3)c3cc(C(C)(C)C)ccc3O2)c1. The van der Waals surface area contributed by atoms with Gasteiger partial charge in [0.1, 0.15) is 18.1 Å². The van der Waals surface area contributed by atoms with Crippen LogP contribution in [0.5, 0.6) is 11.5 Å². The monoisotopic (exact) mass is 508 g/mol. The van der Waals surface area contributed by atoms with Gasteiger partial charge in [-0.25, -0.2) is 8.42 Å². The molecule has 1 N–H and O–H groups in total. The molecule has 1 aliphatic heterocycles. The Hall–Kier alpha value is -3.52. The second kappa shape index (κ2) is 10.2. The van der Waals surface area contributed by atoms with Crippen LogP contribution in [0, 0.1) is 6.92 Å². The van der Waals surface area contributed by atoms with Crippen molar-refractivity contribution in [3.8, 4) is 11.5 Å². The highest BCUT2D eigenvalue weighted by atomic mass is 32.2. The quantitative estimate of drug-likeness (QED) is 0.477. The molecule has 0 fully saturated rings. The van der Waals surface area contributed by atoms with E-state index >= 15 is 0 Å². The number of carbonyl (C=O) groups is 1. The van der Waals surface area contributed by atoms with E-state index in [2.05, 4.69) is 26.1 Å². The average molecular weight is 509 g/mol. The maximum Gasteiger partial charge on any atom is 0.264 e. The highest BCUT2D eigenvalue weighted by Crippen LogP contribution is 2.40. The van der Waals surface area contributed by atoms with E-state index in [1.54, 1.807) is 36.4 Å². The summed E-state index contributed by atoms with van der Waals surface area (Å²) in [6, 6.07) is 21.4. The summed E-state index contributed by atoms with van der Waals surface area (Å²) in [5.41, 5.74) is 2.29. The number of hydrogen-bond acceptors (Lipinski definition) is 5. The van der Waals surface area contributed by atoms with Gasteiger partial charge in [-0.15, -0.1) is 0 Å². The Morgan fingerprint density at radius 2 is 1.81 bits per heavy atom. The molecule has 8 heteroatoms. The largest absolute Gasteiger partial charge is 0.492 e. The number of ether oxygens (including phenoxy) is 2. The Kier molecular flexibility index (Phi) is 7.26. The first-order valence-corrected chi connectivity index (χ1v) is 13.4. The number of benzene rings is 3. The number of hydrogen-bond donors (Lipinski definition) is 1. The van der Waals surface area contributed by atoms with Crippen molar-refractivity contribution < 1.29 is 22.7 Å². The molecular weight excluding hydrogens is 476 g/mol.